The average molecular weight is 302 g/mol. The summed E-state index contributed by atoms with van der Waals surface area (Å²) in [6.45, 7) is 3.86. The Bertz CT molecular complexity index is 307. The van der Waals surface area contributed by atoms with Crippen molar-refractivity contribution in [3.05, 3.63) is 0 Å². The van der Waals surface area contributed by atoms with E-state index in [2.05, 4.69) is 6.92 Å². The highest BCUT2D eigenvalue weighted by atomic mass is 32.1. The molecule has 3 nitrogen and oxygen atoms in total. The van der Waals surface area contributed by atoms with Crippen LogP contribution in [0.5, 0.6) is 0 Å². The number of hydrogen-bond acceptors (Lipinski definition) is 2. The van der Waals surface area contributed by atoms with E-state index in [-0.39, 0.29) is 11.3 Å². The Morgan fingerprint density at radius 2 is 1.45 bits per heavy atom. The van der Waals surface area contributed by atoms with Crippen LogP contribution in [0.1, 0.15) is 84.5 Å². The number of carboxylic acids is 1. The van der Waals surface area contributed by atoms with Crippen molar-refractivity contribution in [1.82, 2.24) is 0 Å². The molecule has 4 heteroatoms. The lowest BCUT2D eigenvalue weighted by Gasteiger charge is -2.18. The molecular weight excluding hydrogens is 272 g/mol. The van der Waals surface area contributed by atoms with Gasteiger partial charge in [-0.15, -0.1) is 0 Å². The molecule has 0 aliphatic carbocycles. The van der Waals surface area contributed by atoms with Crippen molar-refractivity contribution in [3.63, 3.8) is 0 Å². The number of rotatable bonds is 13. The van der Waals surface area contributed by atoms with Gasteiger partial charge in [-0.2, -0.15) is 0 Å². The van der Waals surface area contributed by atoms with Crippen LogP contribution in [0.15, 0.2) is 0 Å². The minimum atomic E-state index is -0.966. The second kappa shape index (κ2) is 12.1. The van der Waals surface area contributed by atoms with Crippen LogP contribution in [0, 0.1) is 5.41 Å². The Morgan fingerprint density at radius 1 is 1.00 bits per heavy atom. The summed E-state index contributed by atoms with van der Waals surface area (Å²) in [7, 11) is 0. The molecule has 0 heterocycles. The van der Waals surface area contributed by atoms with E-state index in [4.69, 9.17) is 5.11 Å². The zero-order valence-corrected chi connectivity index (χ0v) is 13.8. The van der Waals surface area contributed by atoms with Gasteiger partial charge in [-0.25, -0.2) is 4.21 Å². The topological polar surface area (TPSA) is 54.4 Å². The maximum atomic E-state index is 11.1. The Labute approximate surface area is 127 Å². The molecule has 20 heavy (non-hydrogen) atoms. The molecule has 0 aromatic heterocycles. The summed E-state index contributed by atoms with van der Waals surface area (Å²) in [5.74, 6) is -0.892. The molecule has 0 bridgehead atoms. The molecule has 0 aromatic rings. The summed E-state index contributed by atoms with van der Waals surface area (Å²) >= 11 is 0.262. The number of carbonyl (C=O) groups is 1. The van der Waals surface area contributed by atoms with Gasteiger partial charge in [0, 0.05) is 5.37 Å². The third-order valence-corrected chi connectivity index (χ3v) is 4.46. The summed E-state index contributed by atoms with van der Waals surface area (Å²) in [6.07, 6.45) is 12.9. The van der Waals surface area contributed by atoms with Crippen molar-refractivity contribution in [3.8, 4) is 0 Å². The first-order chi connectivity index (χ1) is 9.56. The SMILES string of the molecule is CCCCCCCCCCCCC(C)(C=S=O)C(=O)O. The summed E-state index contributed by atoms with van der Waals surface area (Å²) < 4.78 is 10.5. The van der Waals surface area contributed by atoms with E-state index in [0.717, 1.165) is 12.8 Å². The predicted molar refractivity (Wildman–Crippen MR) is 86.4 cm³/mol. The smallest absolute Gasteiger partial charge is 0.314 e. The fourth-order valence-electron chi connectivity index (χ4n) is 2.30. The minimum absolute atomic E-state index is 0.262. The first-order valence-corrected chi connectivity index (χ1v) is 8.73. The Morgan fingerprint density at radius 3 is 1.85 bits per heavy atom. The van der Waals surface area contributed by atoms with E-state index in [1.807, 2.05) is 0 Å². The summed E-state index contributed by atoms with van der Waals surface area (Å²) in [4.78, 5) is 11.1. The third-order valence-electron chi connectivity index (χ3n) is 3.85. The lowest BCUT2D eigenvalue weighted by Crippen LogP contribution is -2.29. The monoisotopic (exact) mass is 302 g/mol. The first-order valence-electron chi connectivity index (χ1n) is 7.93. The molecule has 0 spiro atoms. The van der Waals surface area contributed by atoms with Crippen LogP contribution in [-0.2, 0) is 16.1 Å². The molecule has 0 aliphatic heterocycles. The van der Waals surface area contributed by atoms with Crippen molar-refractivity contribution >= 4 is 22.6 Å². The molecule has 118 valence electrons. The summed E-state index contributed by atoms with van der Waals surface area (Å²) in [5, 5.41) is 10.4. The summed E-state index contributed by atoms with van der Waals surface area (Å²) in [6, 6.07) is 0. The molecule has 0 fully saturated rings. The number of carboxylic acid groups (broad SMARTS) is 1. The zero-order valence-electron chi connectivity index (χ0n) is 13.0. The van der Waals surface area contributed by atoms with Crippen LogP contribution in [-0.4, -0.2) is 20.7 Å². The van der Waals surface area contributed by atoms with Crippen LogP contribution in [0.4, 0.5) is 0 Å². The minimum Gasteiger partial charge on any atom is -0.481 e. The largest absolute Gasteiger partial charge is 0.481 e. The van der Waals surface area contributed by atoms with Gasteiger partial charge in [0.1, 0.15) is 0 Å². The number of hydrogen-bond donors (Lipinski definition) is 1. The highest BCUT2D eigenvalue weighted by Crippen LogP contribution is 2.23. The second-order valence-electron chi connectivity index (χ2n) is 5.87. The van der Waals surface area contributed by atoms with E-state index in [9.17, 15) is 9.00 Å². The Hall–Kier alpha value is -0.640. The highest BCUT2D eigenvalue weighted by molar-refractivity contribution is 7.65. The van der Waals surface area contributed by atoms with Crippen molar-refractivity contribution in [2.45, 2.75) is 84.5 Å². The molecule has 0 aliphatic rings. The molecule has 1 atom stereocenters. The van der Waals surface area contributed by atoms with Crippen molar-refractivity contribution < 1.29 is 14.1 Å². The van der Waals surface area contributed by atoms with Crippen LogP contribution in [0.25, 0.3) is 0 Å². The summed E-state index contributed by atoms with van der Waals surface area (Å²) in [5.41, 5.74) is -0.966. The molecule has 1 unspecified atom stereocenters. The van der Waals surface area contributed by atoms with Gasteiger partial charge >= 0.3 is 5.97 Å². The normalized spacial score (nSPS) is 13.7. The quantitative estimate of drug-likeness (QED) is 0.405. The number of unbranched alkanes of at least 4 members (excludes halogenated alkanes) is 9. The van der Waals surface area contributed by atoms with Crippen molar-refractivity contribution in [2.75, 3.05) is 0 Å². The maximum Gasteiger partial charge on any atom is 0.314 e. The lowest BCUT2D eigenvalue weighted by molar-refractivity contribution is -0.144. The van der Waals surface area contributed by atoms with E-state index >= 15 is 0 Å². The fraction of sp³-hybridized carbons (Fsp3) is 0.875. The highest BCUT2D eigenvalue weighted by Gasteiger charge is 2.30. The predicted octanol–water partition coefficient (Wildman–Crippen LogP) is 4.40. The van der Waals surface area contributed by atoms with E-state index in [1.54, 1.807) is 6.92 Å². The molecule has 0 radical (unpaired) electrons. The molecule has 0 rings (SSSR count). The van der Waals surface area contributed by atoms with Crippen LogP contribution >= 0.6 is 0 Å². The van der Waals surface area contributed by atoms with Gasteiger partial charge in [-0.05, 0) is 13.3 Å². The first kappa shape index (κ1) is 19.4. The van der Waals surface area contributed by atoms with Crippen LogP contribution in [0.3, 0.4) is 0 Å². The van der Waals surface area contributed by atoms with Gasteiger partial charge in [0.25, 0.3) is 0 Å². The average Bonchev–Trinajstić information content (AvgIpc) is 2.41. The standard InChI is InChI=1S/C16H30O3S/c1-3-4-5-6-7-8-9-10-11-12-13-16(2,14-20-19)15(17)18/h14H,3-13H2,1-2H3,(H,17,18). The molecular formula is C16H30O3S. The van der Waals surface area contributed by atoms with Crippen LogP contribution < -0.4 is 0 Å². The number of aliphatic carboxylic acids is 1. The molecule has 0 amide bonds. The Kier molecular flexibility index (Phi) is 11.7. The van der Waals surface area contributed by atoms with Crippen LogP contribution in [0.2, 0.25) is 0 Å². The second-order valence-corrected chi connectivity index (χ2v) is 6.30. The fourth-order valence-corrected chi connectivity index (χ4v) is 2.73. The van der Waals surface area contributed by atoms with Gasteiger partial charge in [-0.1, -0.05) is 71.1 Å². The van der Waals surface area contributed by atoms with Crippen molar-refractivity contribution in [1.29, 1.82) is 0 Å². The lowest BCUT2D eigenvalue weighted by atomic mass is 9.87. The third kappa shape index (κ3) is 9.29. The van der Waals surface area contributed by atoms with E-state index in [1.165, 1.54) is 56.7 Å². The molecule has 1 N–H and O–H groups in total. The van der Waals surface area contributed by atoms with Gasteiger partial charge in [0.05, 0.1) is 16.7 Å². The zero-order chi connectivity index (χ0) is 15.3. The van der Waals surface area contributed by atoms with Gasteiger partial charge in [0.2, 0.25) is 0 Å². The van der Waals surface area contributed by atoms with Gasteiger partial charge in [0.15, 0.2) is 0 Å². The Balaban J connectivity index is 3.56. The molecule has 0 aromatic carbocycles. The molecule has 0 saturated carbocycles. The maximum absolute atomic E-state index is 11.1. The van der Waals surface area contributed by atoms with E-state index in [0.29, 0.717) is 6.42 Å². The molecule has 0 saturated heterocycles. The van der Waals surface area contributed by atoms with Gasteiger partial charge < -0.3 is 5.11 Å². The van der Waals surface area contributed by atoms with E-state index < -0.39 is 11.4 Å². The van der Waals surface area contributed by atoms with Gasteiger partial charge in [-0.3, -0.25) is 4.79 Å². The van der Waals surface area contributed by atoms with Crippen molar-refractivity contribution in [2.24, 2.45) is 5.41 Å².